The van der Waals surface area contributed by atoms with E-state index in [0.29, 0.717) is 17.0 Å². The monoisotopic (exact) mass is 335 g/mol. The van der Waals surface area contributed by atoms with Crippen molar-refractivity contribution in [2.75, 3.05) is 0 Å². The van der Waals surface area contributed by atoms with Crippen LogP contribution in [0.25, 0.3) is 21.7 Å². The Morgan fingerprint density at radius 3 is 2.58 bits per heavy atom. The number of halogens is 1. The predicted octanol–water partition coefficient (Wildman–Crippen LogP) is 5.19. The molecule has 0 bridgehead atoms. The molecule has 0 unspecified atom stereocenters. The molecule has 3 nitrogen and oxygen atoms in total. The summed E-state index contributed by atoms with van der Waals surface area (Å²) in [6.45, 7) is 0.607. The van der Waals surface area contributed by atoms with Gasteiger partial charge in [-0.15, -0.1) is 0 Å². The molecule has 1 N–H and O–H groups in total. The minimum atomic E-state index is -0.945. The van der Waals surface area contributed by atoms with Gasteiger partial charge in [0.2, 0.25) is 0 Å². The molecule has 0 aliphatic rings. The Kier molecular flexibility index (Phi) is 3.51. The Morgan fingerprint density at radius 2 is 1.79 bits per heavy atom. The lowest BCUT2D eigenvalue weighted by molar-refractivity contribution is 0.0699. The van der Waals surface area contributed by atoms with Gasteiger partial charge < -0.3 is 9.67 Å². The highest BCUT2D eigenvalue weighted by Crippen LogP contribution is 2.26. The number of hydrogen-bond donors (Lipinski definition) is 1. The van der Waals surface area contributed by atoms with Crippen LogP contribution in [0.5, 0.6) is 0 Å². The van der Waals surface area contributed by atoms with Crippen molar-refractivity contribution < 1.29 is 9.90 Å². The molecule has 1 aromatic heterocycles. The number of rotatable bonds is 3. The van der Waals surface area contributed by atoms with Gasteiger partial charge in [0, 0.05) is 28.7 Å². The van der Waals surface area contributed by atoms with E-state index in [9.17, 15) is 9.90 Å². The van der Waals surface area contributed by atoms with Gasteiger partial charge in [0.05, 0.1) is 5.56 Å². The molecule has 0 atom stereocenters. The summed E-state index contributed by atoms with van der Waals surface area (Å²) in [5, 5.41) is 13.0. The van der Waals surface area contributed by atoms with Crippen LogP contribution >= 0.6 is 11.6 Å². The second-order valence-electron chi connectivity index (χ2n) is 5.82. The minimum Gasteiger partial charge on any atom is -0.478 e. The molecule has 4 heteroatoms. The average molecular weight is 336 g/mol. The van der Waals surface area contributed by atoms with Gasteiger partial charge in [-0.1, -0.05) is 48.0 Å². The average Bonchev–Trinajstić information content (AvgIpc) is 2.92. The molecule has 118 valence electrons. The fraction of sp³-hybridized carbons (Fsp3) is 0.0500. The lowest BCUT2D eigenvalue weighted by atomic mass is 10.1. The van der Waals surface area contributed by atoms with Crippen LogP contribution in [0.2, 0.25) is 5.02 Å². The molecule has 0 radical (unpaired) electrons. The van der Waals surface area contributed by atoms with E-state index in [2.05, 4.69) is 30.3 Å². The van der Waals surface area contributed by atoms with Crippen LogP contribution in [0.15, 0.2) is 66.9 Å². The van der Waals surface area contributed by atoms with Crippen LogP contribution < -0.4 is 0 Å². The second-order valence-corrected chi connectivity index (χ2v) is 6.26. The van der Waals surface area contributed by atoms with Gasteiger partial charge in [-0.2, -0.15) is 0 Å². The van der Waals surface area contributed by atoms with E-state index in [1.165, 1.54) is 10.8 Å². The van der Waals surface area contributed by atoms with Gasteiger partial charge in [0.15, 0.2) is 0 Å². The van der Waals surface area contributed by atoms with E-state index in [1.54, 1.807) is 18.3 Å². The minimum absolute atomic E-state index is 0.272. The predicted molar refractivity (Wildman–Crippen MR) is 97.0 cm³/mol. The lowest BCUT2D eigenvalue weighted by Crippen LogP contribution is -1.98. The van der Waals surface area contributed by atoms with Crippen LogP contribution in [0, 0.1) is 0 Å². The normalized spacial score (nSPS) is 11.2. The van der Waals surface area contributed by atoms with E-state index < -0.39 is 5.97 Å². The number of carboxylic acids is 1. The zero-order chi connectivity index (χ0) is 16.7. The van der Waals surface area contributed by atoms with Gasteiger partial charge in [-0.3, -0.25) is 0 Å². The summed E-state index contributed by atoms with van der Waals surface area (Å²) in [5.41, 5.74) is 2.26. The molecule has 0 saturated carbocycles. The van der Waals surface area contributed by atoms with Crippen molar-refractivity contribution in [2.24, 2.45) is 0 Å². The van der Waals surface area contributed by atoms with E-state index in [1.807, 2.05) is 22.8 Å². The van der Waals surface area contributed by atoms with Crippen LogP contribution in [-0.4, -0.2) is 15.6 Å². The summed E-state index contributed by atoms with van der Waals surface area (Å²) in [5.74, 6) is -0.945. The molecule has 0 aliphatic carbocycles. The van der Waals surface area contributed by atoms with Gasteiger partial charge in [0.25, 0.3) is 0 Å². The van der Waals surface area contributed by atoms with Crippen molar-refractivity contribution in [3.8, 4) is 0 Å². The molecule has 0 fully saturated rings. The number of carbonyl (C=O) groups is 1. The van der Waals surface area contributed by atoms with E-state index in [0.717, 1.165) is 11.1 Å². The summed E-state index contributed by atoms with van der Waals surface area (Å²) in [6, 6.07) is 19.8. The van der Waals surface area contributed by atoms with Gasteiger partial charge in [-0.05, 0) is 40.6 Å². The molecule has 1 heterocycles. The van der Waals surface area contributed by atoms with Crippen molar-refractivity contribution >= 4 is 39.2 Å². The van der Waals surface area contributed by atoms with E-state index in [4.69, 9.17) is 11.6 Å². The second kappa shape index (κ2) is 5.69. The highest BCUT2D eigenvalue weighted by atomic mass is 35.5. The number of aromatic carboxylic acids is 1. The fourth-order valence-corrected chi connectivity index (χ4v) is 3.28. The number of carboxylic acid groups (broad SMARTS) is 1. The molecule has 4 rings (SSSR count). The standard InChI is InChI=1S/C20H14ClNO2/c21-16-7-8-19-17(10-16)18(20(23)24)12-22(19)11-13-5-6-14-3-1-2-4-15(14)9-13/h1-10,12H,11H2,(H,23,24). The molecule has 0 spiro atoms. The smallest absolute Gasteiger partial charge is 0.337 e. The zero-order valence-electron chi connectivity index (χ0n) is 12.7. The molecule has 0 aliphatic heterocycles. The van der Waals surface area contributed by atoms with Gasteiger partial charge >= 0.3 is 5.97 Å². The fourth-order valence-electron chi connectivity index (χ4n) is 3.10. The maximum absolute atomic E-state index is 11.5. The quantitative estimate of drug-likeness (QED) is 0.559. The number of hydrogen-bond acceptors (Lipinski definition) is 1. The number of fused-ring (bicyclic) bond motifs is 2. The van der Waals surface area contributed by atoms with Gasteiger partial charge in [0.1, 0.15) is 0 Å². The van der Waals surface area contributed by atoms with Crippen LogP contribution in [0.4, 0.5) is 0 Å². The molecule has 3 aromatic carbocycles. The van der Waals surface area contributed by atoms with Gasteiger partial charge in [-0.25, -0.2) is 4.79 Å². The molecular formula is C20H14ClNO2. The van der Waals surface area contributed by atoms with Crippen molar-refractivity contribution in [1.82, 2.24) is 4.57 Å². The SMILES string of the molecule is O=C(O)c1cn(Cc2ccc3ccccc3c2)c2ccc(Cl)cc12. The molecule has 0 amide bonds. The third-order valence-electron chi connectivity index (χ3n) is 4.24. The molecule has 4 aromatic rings. The summed E-state index contributed by atoms with van der Waals surface area (Å²) in [4.78, 5) is 11.5. The first-order chi connectivity index (χ1) is 11.6. The first-order valence-corrected chi connectivity index (χ1v) is 7.99. The first kappa shape index (κ1) is 14.8. The Labute approximate surface area is 143 Å². The Balaban J connectivity index is 1.82. The van der Waals surface area contributed by atoms with E-state index in [-0.39, 0.29) is 5.56 Å². The Bertz CT molecular complexity index is 1080. The molecule has 0 saturated heterocycles. The topological polar surface area (TPSA) is 42.2 Å². The van der Waals surface area contributed by atoms with E-state index >= 15 is 0 Å². The van der Waals surface area contributed by atoms with Crippen LogP contribution in [0.1, 0.15) is 15.9 Å². The third kappa shape index (κ3) is 2.53. The highest BCUT2D eigenvalue weighted by molar-refractivity contribution is 6.31. The van der Waals surface area contributed by atoms with Crippen LogP contribution in [-0.2, 0) is 6.54 Å². The highest BCUT2D eigenvalue weighted by Gasteiger charge is 2.14. The maximum Gasteiger partial charge on any atom is 0.337 e. The first-order valence-electron chi connectivity index (χ1n) is 7.61. The summed E-state index contributed by atoms with van der Waals surface area (Å²) in [7, 11) is 0. The summed E-state index contributed by atoms with van der Waals surface area (Å²) >= 11 is 6.03. The zero-order valence-corrected chi connectivity index (χ0v) is 13.5. The van der Waals surface area contributed by atoms with Crippen molar-refractivity contribution in [1.29, 1.82) is 0 Å². The summed E-state index contributed by atoms with van der Waals surface area (Å²) in [6.07, 6.45) is 1.68. The van der Waals surface area contributed by atoms with Crippen molar-refractivity contribution in [3.05, 3.63) is 83.0 Å². The maximum atomic E-state index is 11.5. The molecular weight excluding hydrogens is 322 g/mol. The Hall–Kier alpha value is -2.78. The van der Waals surface area contributed by atoms with Crippen molar-refractivity contribution in [2.45, 2.75) is 6.54 Å². The van der Waals surface area contributed by atoms with Crippen LogP contribution in [0.3, 0.4) is 0 Å². The Morgan fingerprint density at radius 1 is 1.00 bits per heavy atom. The summed E-state index contributed by atoms with van der Waals surface area (Å²) < 4.78 is 1.96. The van der Waals surface area contributed by atoms with Crippen molar-refractivity contribution in [3.63, 3.8) is 0 Å². The number of benzene rings is 3. The number of aromatic nitrogens is 1. The molecule has 24 heavy (non-hydrogen) atoms. The lowest BCUT2D eigenvalue weighted by Gasteiger charge is -2.07. The largest absolute Gasteiger partial charge is 0.478 e. The number of nitrogens with zero attached hydrogens (tertiary/aromatic N) is 1. The third-order valence-corrected chi connectivity index (χ3v) is 4.48.